The van der Waals surface area contributed by atoms with Crippen LogP contribution in [0, 0.1) is 0 Å². The zero-order valence-electron chi connectivity index (χ0n) is 38.3. The van der Waals surface area contributed by atoms with Crippen molar-refractivity contribution in [1.82, 2.24) is 4.57 Å². The minimum absolute atomic E-state index is 0.00693. The second kappa shape index (κ2) is 15.9. The van der Waals surface area contributed by atoms with Crippen molar-refractivity contribution >= 4 is 83.8 Å². The monoisotopic (exact) mass is 876 g/mol. The number of hydrogen-bond donors (Lipinski definition) is 0. The average molecular weight is 877 g/mol. The lowest BCUT2D eigenvalue weighted by Crippen LogP contribution is -2.60. The summed E-state index contributed by atoms with van der Waals surface area (Å²) in [5.41, 5.74) is 17.5. The predicted octanol–water partition coefficient (Wildman–Crippen LogP) is 16.7. The lowest BCUT2D eigenvalue weighted by molar-refractivity contribution is -0.757. The topological polar surface area (TPSA) is 18.5 Å². The Morgan fingerprint density at radius 3 is 1.74 bits per heavy atom. The summed E-state index contributed by atoms with van der Waals surface area (Å²) < 4.78 is 5.00. The summed E-state index contributed by atoms with van der Waals surface area (Å²) in [6.45, 7) is 4.71. The number of benzene rings is 9. The third-order valence-electron chi connectivity index (χ3n) is 14.8. The van der Waals surface area contributed by atoms with Crippen molar-refractivity contribution in [2.75, 3.05) is 14.7 Å². The van der Waals surface area contributed by atoms with E-state index in [2.05, 4.69) is 268 Å². The van der Waals surface area contributed by atoms with Gasteiger partial charge in [-0.1, -0.05) is 123 Å². The van der Waals surface area contributed by atoms with E-state index in [1.165, 1.54) is 49.4 Å². The first-order valence-electron chi connectivity index (χ1n) is 24.0. The van der Waals surface area contributed by atoms with Gasteiger partial charge in [-0.25, -0.2) is 0 Å². The Labute approximate surface area is 397 Å². The van der Waals surface area contributed by atoms with E-state index in [4.69, 9.17) is 0 Å². The molecular formula is C63H50N5+. The number of pyridine rings is 1. The molecule has 2 aromatic heterocycles. The van der Waals surface area contributed by atoms with Crippen molar-refractivity contribution < 1.29 is 4.57 Å². The minimum Gasteiger partial charge on any atom is -0.310 e. The molecule has 0 N–H and O–H groups in total. The van der Waals surface area contributed by atoms with Crippen LogP contribution in [0.4, 0.5) is 51.2 Å². The number of anilines is 9. The number of rotatable bonds is 8. The molecule has 0 unspecified atom stereocenters. The lowest BCUT2D eigenvalue weighted by Gasteiger charge is -2.41. The second-order valence-electron chi connectivity index (χ2n) is 18.3. The summed E-state index contributed by atoms with van der Waals surface area (Å²) in [6, 6.07) is 82.4. The first-order valence-corrected chi connectivity index (χ1v) is 24.0. The van der Waals surface area contributed by atoms with E-state index < -0.39 is 0 Å². The Balaban J connectivity index is 1.05. The van der Waals surface area contributed by atoms with E-state index >= 15 is 0 Å². The van der Waals surface area contributed by atoms with Gasteiger partial charge in [0.2, 0.25) is 5.69 Å². The van der Waals surface area contributed by atoms with Gasteiger partial charge in [-0.05, 0) is 120 Å². The van der Waals surface area contributed by atoms with Crippen molar-refractivity contribution in [3.05, 3.63) is 236 Å². The van der Waals surface area contributed by atoms with Crippen molar-refractivity contribution in [2.24, 2.45) is 0 Å². The third kappa shape index (κ3) is 6.12. The number of fused-ring (bicyclic) bond motifs is 10. The highest BCUT2D eigenvalue weighted by Gasteiger charge is 2.45. The van der Waals surface area contributed by atoms with Crippen LogP contribution in [0.25, 0.3) is 49.5 Å². The second-order valence-corrected chi connectivity index (χ2v) is 18.3. The molecule has 5 heteroatoms. The molecule has 0 amide bonds. The highest BCUT2D eigenvalue weighted by Crippen LogP contribution is 2.57. The Morgan fingerprint density at radius 1 is 0.441 bits per heavy atom. The molecule has 326 valence electrons. The number of aromatic nitrogens is 2. The van der Waals surface area contributed by atoms with Gasteiger partial charge in [-0.15, -0.1) is 0 Å². The van der Waals surface area contributed by atoms with Crippen molar-refractivity contribution in [3.8, 4) is 16.9 Å². The molecule has 0 atom stereocenters. The summed E-state index contributed by atoms with van der Waals surface area (Å²) in [7, 11) is 0. The van der Waals surface area contributed by atoms with Crippen LogP contribution in [-0.2, 0) is 12.0 Å². The fraction of sp³-hybridized carbons (Fsp3) is 0.0952. The molecule has 0 saturated heterocycles. The molecule has 4 heterocycles. The molecule has 0 fully saturated rings. The molecular weight excluding hydrogens is 827 g/mol. The smallest absolute Gasteiger partial charge is 0.221 e. The summed E-state index contributed by atoms with van der Waals surface area (Å²) in [5, 5.41) is 4.99. The zero-order valence-corrected chi connectivity index (χ0v) is 38.3. The minimum atomic E-state index is 0.00693. The fourth-order valence-electron chi connectivity index (χ4n) is 11.5. The van der Waals surface area contributed by atoms with Crippen LogP contribution in [0.2, 0.25) is 0 Å². The normalized spacial score (nSPS) is 13.6. The van der Waals surface area contributed by atoms with Crippen LogP contribution < -0.4 is 19.3 Å². The Morgan fingerprint density at radius 2 is 1.01 bits per heavy atom. The van der Waals surface area contributed by atoms with Crippen LogP contribution in [-0.4, -0.2) is 4.57 Å². The largest absolute Gasteiger partial charge is 0.310 e. The Hall–Kier alpha value is -8.41. The van der Waals surface area contributed by atoms with Crippen LogP contribution in [0.15, 0.2) is 231 Å². The van der Waals surface area contributed by atoms with Gasteiger partial charge >= 0.3 is 0 Å². The molecule has 0 bridgehead atoms. The van der Waals surface area contributed by atoms with Gasteiger partial charge < -0.3 is 19.3 Å². The Kier molecular flexibility index (Phi) is 9.33. The number of hydrogen-bond acceptors (Lipinski definition) is 3. The SMILES string of the molecule is CCC1(CC)Cc2ccc(N3c4ccccc4N(c4ccc5c(c4)c4ccccc4n5-c4ccccc4)c4cc(N(c5ccccc5)c5ccccc5)ccc43)cc2-c2c3ccccc3cc[n+]21. The molecule has 5 nitrogen and oxygen atoms in total. The van der Waals surface area contributed by atoms with Gasteiger partial charge in [-0.2, -0.15) is 4.57 Å². The summed E-state index contributed by atoms with van der Waals surface area (Å²) in [6.07, 6.45) is 5.47. The van der Waals surface area contributed by atoms with Crippen LogP contribution in [0.3, 0.4) is 0 Å². The molecule has 68 heavy (non-hydrogen) atoms. The van der Waals surface area contributed by atoms with Gasteiger partial charge in [0, 0.05) is 70.2 Å². The highest BCUT2D eigenvalue weighted by molar-refractivity contribution is 6.12. The van der Waals surface area contributed by atoms with Gasteiger partial charge in [-0.3, -0.25) is 0 Å². The van der Waals surface area contributed by atoms with Crippen LogP contribution in [0.5, 0.6) is 0 Å². The molecule has 11 aromatic rings. The summed E-state index contributed by atoms with van der Waals surface area (Å²) in [4.78, 5) is 7.35. The van der Waals surface area contributed by atoms with E-state index in [1.54, 1.807) is 0 Å². The predicted molar refractivity (Wildman–Crippen MR) is 284 cm³/mol. The van der Waals surface area contributed by atoms with E-state index in [-0.39, 0.29) is 5.54 Å². The Bertz CT molecular complexity index is 3660. The maximum Gasteiger partial charge on any atom is 0.221 e. The maximum atomic E-state index is 2.61. The highest BCUT2D eigenvalue weighted by atomic mass is 15.3. The number of para-hydroxylation sites is 6. The number of nitrogens with zero attached hydrogens (tertiary/aromatic N) is 5. The molecule has 2 aliphatic rings. The van der Waals surface area contributed by atoms with E-state index in [1.807, 2.05) is 0 Å². The van der Waals surface area contributed by atoms with Gasteiger partial charge in [0.25, 0.3) is 0 Å². The zero-order chi connectivity index (χ0) is 45.3. The molecule has 9 aromatic carbocycles. The van der Waals surface area contributed by atoms with Crippen molar-refractivity contribution in [3.63, 3.8) is 0 Å². The van der Waals surface area contributed by atoms with E-state index in [0.717, 1.165) is 76.1 Å². The van der Waals surface area contributed by atoms with Crippen molar-refractivity contribution in [2.45, 2.75) is 38.6 Å². The molecule has 0 spiro atoms. The molecule has 0 radical (unpaired) electrons. The average Bonchev–Trinajstić information content (AvgIpc) is 3.74. The van der Waals surface area contributed by atoms with Gasteiger partial charge in [0.1, 0.15) is 0 Å². The summed E-state index contributed by atoms with van der Waals surface area (Å²) in [5.74, 6) is 0. The van der Waals surface area contributed by atoms with Gasteiger partial charge in [0.15, 0.2) is 11.7 Å². The van der Waals surface area contributed by atoms with Gasteiger partial charge in [0.05, 0.1) is 44.7 Å². The standard InChI is InChI=1S/C63H50N5/c1-3-63(4-2)43-45-32-33-49(40-54(45)62-52-27-15-14-20-44(52)38-39-64(62)63)67-58-30-18-19-31-59(58)68(50-34-36-57-55(41-50)53-28-16-17-29-56(53)66(57)48-25-12-7-13-26-48)61-42-51(35-37-60(61)67)65(46-21-8-5-9-22-46)47-23-10-6-11-24-47/h5-42H,3-4,43H2,1-2H3/q+1. The quantitative estimate of drug-likeness (QED) is 0.142. The maximum absolute atomic E-state index is 2.61. The molecule has 0 saturated carbocycles. The van der Waals surface area contributed by atoms with Crippen LogP contribution >= 0.6 is 0 Å². The molecule has 2 aliphatic heterocycles. The molecule has 0 aliphatic carbocycles. The molecule has 13 rings (SSSR count). The lowest BCUT2D eigenvalue weighted by atomic mass is 9.78. The van der Waals surface area contributed by atoms with Crippen LogP contribution in [0.1, 0.15) is 32.3 Å². The first kappa shape index (κ1) is 39.9. The summed E-state index contributed by atoms with van der Waals surface area (Å²) >= 11 is 0. The van der Waals surface area contributed by atoms with E-state index in [9.17, 15) is 0 Å². The van der Waals surface area contributed by atoms with E-state index in [0.29, 0.717) is 0 Å². The fourth-order valence-corrected chi connectivity index (χ4v) is 11.5. The van der Waals surface area contributed by atoms with Crippen molar-refractivity contribution in [1.29, 1.82) is 0 Å². The third-order valence-corrected chi connectivity index (χ3v) is 14.8. The first-order chi connectivity index (χ1) is 33.6.